The third kappa shape index (κ3) is 4.53. The van der Waals surface area contributed by atoms with E-state index in [-0.39, 0.29) is 5.82 Å². The summed E-state index contributed by atoms with van der Waals surface area (Å²) in [5.41, 5.74) is 0.587. The molecule has 1 aromatic carbocycles. The van der Waals surface area contributed by atoms with E-state index in [2.05, 4.69) is 12.6 Å². The molecule has 0 radical (unpaired) electrons. The number of benzene rings is 1. The molecule has 0 aliphatic heterocycles. The van der Waals surface area contributed by atoms with Gasteiger partial charge in [-0.2, -0.15) is 12.6 Å². The van der Waals surface area contributed by atoms with Crippen LogP contribution in [0.3, 0.4) is 0 Å². The lowest BCUT2D eigenvalue weighted by atomic mass is 10.2. The molecule has 0 spiro atoms. The second-order valence-electron chi connectivity index (χ2n) is 3.10. The standard InChI is InChI=1S/C11H15FO2S/c1-9-8-10(2-3-11(9)12)14-5-4-13-6-7-15/h2-3,8,15H,4-7H2,1H3. The van der Waals surface area contributed by atoms with E-state index in [1.807, 2.05) is 0 Å². The van der Waals surface area contributed by atoms with Crippen LogP contribution in [-0.4, -0.2) is 25.6 Å². The molecule has 0 aliphatic carbocycles. The van der Waals surface area contributed by atoms with Crippen LogP contribution in [0.4, 0.5) is 4.39 Å². The predicted molar refractivity (Wildman–Crippen MR) is 61.3 cm³/mol. The zero-order valence-electron chi connectivity index (χ0n) is 8.70. The highest BCUT2D eigenvalue weighted by molar-refractivity contribution is 7.80. The molecule has 0 heterocycles. The fourth-order valence-corrected chi connectivity index (χ4v) is 1.22. The summed E-state index contributed by atoms with van der Waals surface area (Å²) in [6.45, 7) is 3.32. The number of rotatable bonds is 6. The quantitative estimate of drug-likeness (QED) is 0.598. The molecule has 0 fully saturated rings. The highest BCUT2D eigenvalue weighted by Gasteiger charge is 1.99. The van der Waals surface area contributed by atoms with Crippen LogP contribution in [0.25, 0.3) is 0 Å². The molecule has 0 saturated carbocycles. The highest BCUT2D eigenvalue weighted by Crippen LogP contribution is 2.15. The van der Waals surface area contributed by atoms with Gasteiger partial charge in [0.1, 0.15) is 18.2 Å². The van der Waals surface area contributed by atoms with Gasteiger partial charge in [0.2, 0.25) is 0 Å². The first kappa shape index (κ1) is 12.3. The fourth-order valence-electron chi connectivity index (χ4n) is 1.09. The molecule has 1 rings (SSSR count). The van der Waals surface area contributed by atoms with Crippen LogP contribution < -0.4 is 4.74 Å². The van der Waals surface area contributed by atoms with Crippen molar-refractivity contribution in [2.45, 2.75) is 6.92 Å². The lowest BCUT2D eigenvalue weighted by molar-refractivity contribution is 0.112. The maximum Gasteiger partial charge on any atom is 0.126 e. The van der Waals surface area contributed by atoms with E-state index in [9.17, 15) is 4.39 Å². The van der Waals surface area contributed by atoms with Crippen LogP contribution in [0.15, 0.2) is 18.2 Å². The number of ether oxygens (including phenoxy) is 2. The average molecular weight is 230 g/mol. The van der Waals surface area contributed by atoms with Crippen LogP contribution in [0.2, 0.25) is 0 Å². The van der Waals surface area contributed by atoms with Gasteiger partial charge < -0.3 is 9.47 Å². The third-order valence-corrected chi connectivity index (χ3v) is 2.04. The van der Waals surface area contributed by atoms with Crippen molar-refractivity contribution in [1.82, 2.24) is 0 Å². The predicted octanol–water partition coefficient (Wildman–Crippen LogP) is 2.46. The van der Waals surface area contributed by atoms with E-state index in [4.69, 9.17) is 9.47 Å². The Hall–Kier alpha value is -0.740. The Morgan fingerprint density at radius 3 is 2.73 bits per heavy atom. The Morgan fingerprint density at radius 1 is 1.27 bits per heavy atom. The van der Waals surface area contributed by atoms with Gasteiger partial charge in [-0.15, -0.1) is 0 Å². The molecule has 1 aromatic rings. The largest absolute Gasteiger partial charge is 0.491 e. The number of aryl methyl sites for hydroxylation is 1. The number of hydrogen-bond acceptors (Lipinski definition) is 3. The molecule has 0 bridgehead atoms. The molecule has 2 nitrogen and oxygen atoms in total. The smallest absolute Gasteiger partial charge is 0.126 e. The average Bonchev–Trinajstić information content (AvgIpc) is 2.23. The Balaban J connectivity index is 2.28. The number of halogens is 1. The molecule has 0 aliphatic rings. The highest BCUT2D eigenvalue weighted by atomic mass is 32.1. The van der Waals surface area contributed by atoms with Gasteiger partial charge in [0.25, 0.3) is 0 Å². The molecule has 0 atom stereocenters. The first-order valence-electron chi connectivity index (χ1n) is 4.81. The second-order valence-corrected chi connectivity index (χ2v) is 3.54. The lowest BCUT2D eigenvalue weighted by Crippen LogP contribution is -2.08. The molecule has 84 valence electrons. The summed E-state index contributed by atoms with van der Waals surface area (Å²) in [6.07, 6.45) is 0. The minimum Gasteiger partial charge on any atom is -0.491 e. The lowest BCUT2D eigenvalue weighted by Gasteiger charge is -2.07. The van der Waals surface area contributed by atoms with Crippen molar-refractivity contribution in [2.24, 2.45) is 0 Å². The van der Waals surface area contributed by atoms with Crippen LogP contribution in [0, 0.1) is 12.7 Å². The fraction of sp³-hybridized carbons (Fsp3) is 0.455. The van der Waals surface area contributed by atoms with Crippen molar-refractivity contribution < 1.29 is 13.9 Å². The van der Waals surface area contributed by atoms with Gasteiger partial charge in [0.15, 0.2) is 0 Å². The molecular formula is C11H15FO2S. The van der Waals surface area contributed by atoms with Crippen LogP contribution in [0.1, 0.15) is 5.56 Å². The van der Waals surface area contributed by atoms with Crippen LogP contribution in [-0.2, 0) is 4.74 Å². The Morgan fingerprint density at radius 2 is 2.07 bits per heavy atom. The monoisotopic (exact) mass is 230 g/mol. The molecule has 0 amide bonds. The second kappa shape index (κ2) is 6.69. The van der Waals surface area contributed by atoms with Crippen molar-refractivity contribution >= 4 is 12.6 Å². The van der Waals surface area contributed by atoms with E-state index >= 15 is 0 Å². The maximum absolute atomic E-state index is 12.9. The number of thiol groups is 1. The maximum atomic E-state index is 12.9. The summed E-state index contributed by atoms with van der Waals surface area (Å²) in [6, 6.07) is 4.69. The van der Waals surface area contributed by atoms with E-state index in [0.717, 1.165) is 0 Å². The summed E-state index contributed by atoms with van der Waals surface area (Å²) < 4.78 is 23.5. The zero-order chi connectivity index (χ0) is 11.1. The molecular weight excluding hydrogens is 215 g/mol. The summed E-state index contributed by atoms with van der Waals surface area (Å²) >= 11 is 4.01. The molecule has 15 heavy (non-hydrogen) atoms. The summed E-state index contributed by atoms with van der Waals surface area (Å²) in [5, 5.41) is 0. The van der Waals surface area contributed by atoms with Gasteiger partial charge in [0, 0.05) is 5.75 Å². The molecule has 4 heteroatoms. The van der Waals surface area contributed by atoms with Crippen LogP contribution >= 0.6 is 12.6 Å². The Kier molecular flexibility index (Phi) is 5.50. The van der Waals surface area contributed by atoms with Gasteiger partial charge in [-0.1, -0.05) is 0 Å². The Bertz CT molecular complexity index is 305. The minimum atomic E-state index is -0.214. The zero-order valence-corrected chi connectivity index (χ0v) is 9.60. The summed E-state index contributed by atoms with van der Waals surface area (Å²) in [5.74, 6) is 1.16. The topological polar surface area (TPSA) is 18.5 Å². The van der Waals surface area contributed by atoms with Gasteiger partial charge in [-0.05, 0) is 30.7 Å². The Labute approximate surface area is 94.8 Å². The van der Waals surface area contributed by atoms with Crippen LogP contribution in [0.5, 0.6) is 5.75 Å². The molecule has 0 aromatic heterocycles. The van der Waals surface area contributed by atoms with Crippen molar-refractivity contribution in [1.29, 1.82) is 0 Å². The number of hydrogen-bond donors (Lipinski definition) is 1. The molecule has 0 unspecified atom stereocenters. The summed E-state index contributed by atoms with van der Waals surface area (Å²) in [4.78, 5) is 0. The molecule has 0 saturated heterocycles. The minimum absolute atomic E-state index is 0.214. The SMILES string of the molecule is Cc1cc(OCCOCCS)ccc1F. The van der Waals surface area contributed by atoms with E-state index < -0.39 is 0 Å². The molecule has 0 N–H and O–H groups in total. The summed E-state index contributed by atoms with van der Waals surface area (Å²) in [7, 11) is 0. The van der Waals surface area contributed by atoms with Crippen molar-refractivity contribution in [2.75, 3.05) is 25.6 Å². The van der Waals surface area contributed by atoms with E-state index in [1.54, 1.807) is 19.1 Å². The van der Waals surface area contributed by atoms with E-state index in [1.165, 1.54) is 6.07 Å². The van der Waals surface area contributed by atoms with Crippen molar-refractivity contribution in [3.05, 3.63) is 29.6 Å². The first-order valence-corrected chi connectivity index (χ1v) is 5.45. The first-order chi connectivity index (χ1) is 7.24. The third-order valence-electron chi connectivity index (χ3n) is 1.86. The van der Waals surface area contributed by atoms with Gasteiger partial charge >= 0.3 is 0 Å². The van der Waals surface area contributed by atoms with Crippen molar-refractivity contribution in [3.63, 3.8) is 0 Å². The van der Waals surface area contributed by atoms with E-state index in [0.29, 0.717) is 36.9 Å². The van der Waals surface area contributed by atoms with Gasteiger partial charge in [-0.25, -0.2) is 4.39 Å². The van der Waals surface area contributed by atoms with Gasteiger partial charge in [0.05, 0.1) is 13.2 Å². The van der Waals surface area contributed by atoms with Gasteiger partial charge in [-0.3, -0.25) is 0 Å². The van der Waals surface area contributed by atoms with Crippen molar-refractivity contribution in [3.8, 4) is 5.75 Å². The normalized spacial score (nSPS) is 10.3.